The number of rotatable bonds is 12. The average molecular weight is 970 g/mol. The predicted octanol–water partition coefficient (Wildman–Crippen LogP) is 11.7. The van der Waals surface area contributed by atoms with Crippen LogP contribution in [0.3, 0.4) is 0 Å². The molecule has 1 aliphatic heterocycles. The number of aromatic nitrogens is 2. The molecule has 0 saturated heterocycles. The maximum Gasteiger partial charge on any atom is 0.416 e. The van der Waals surface area contributed by atoms with Gasteiger partial charge in [-0.1, -0.05) is 24.3 Å². The Labute approximate surface area is 403 Å². The number of hydrogen-bond donors (Lipinski definition) is 0. The smallest absolute Gasteiger partial charge is 0.416 e. The zero-order valence-electron chi connectivity index (χ0n) is 39.9. The molecule has 0 aliphatic carbocycles. The molecule has 0 unspecified atom stereocenters. The molecule has 11 nitrogen and oxygen atoms in total. The number of hydrogen-bond acceptors (Lipinski definition) is 9. The normalized spacial score (nSPS) is 13.9. The number of ether oxygens (including phenoxy) is 3. The Morgan fingerprint density at radius 1 is 0.704 bits per heavy atom. The minimum Gasteiger partial charge on any atom is -0.492 e. The van der Waals surface area contributed by atoms with E-state index >= 15 is 8.63 Å². The van der Waals surface area contributed by atoms with Crippen molar-refractivity contribution in [3.8, 4) is 16.9 Å². The Morgan fingerprint density at radius 3 is 1.92 bits per heavy atom. The van der Waals surface area contributed by atoms with E-state index < -0.39 is 42.2 Å². The Hall–Kier alpha value is -7.82. The largest absolute Gasteiger partial charge is 0.492 e. The first-order valence-corrected chi connectivity index (χ1v) is 22.8. The van der Waals surface area contributed by atoms with Crippen molar-refractivity contribution in [1.82, 2.24) is 9.05 Å². The summed E-state index contributed by atoms with van der Waals surface area (Å²) in [6.07, 6.45) is -4.48. The zero-order valence-corrected chi connectivity index (χ0v) is 39.9. The first-order chi connectivity index (χ1) is 33.8. The summed E-state index contributed by atoms with van der Waals surface area (Å²) in [7, 11) is -3.09. The molecule has 5 aromatic carbocycles. The maximum atomic E-state index is 15.3. The van der Waals surface area contributed by atoms with E-state index in [4.69, 9.17) is 23.6 Å². The number of allylic oxidation sites excluding steroid dienone is 1. The van der Waals surface area contributed by atoms with Crippen LogP contribution in [0.5, 0.6) is 5.75 Å². The molecule has 4 heterocycles. The van der Waals surface area contributed by atoms with Gasteiger partial charge in [-0.15, -0.1) is 0 Å². The Kier molecular flexibility index (Phi) is 12.3. The molecule has 0 spiro atoms. The van der Waals surface area contributed by atoms with Gasteiger partial charge in [0, 0.05) is 38.2 Å². The average Bonchev–Trinajstić information content (AvgIpc) is 3.77. The van der Waals surface area contributed by atoms with E-state index in [1.54, 1.807) is 97.0 Å². The molecule has 3 aromatic heterocycles. The number of fused-ring (bicyclic) bond motifs is 2. The van der Waals surface area contributed by atoms with Gasteiger partial charge in [-0.05, 0) is 160 Å². The number of aryl methyl sites for hydroxylation is 2. The number of aliphatic imine (C=N–C) groups is 1. The van der Waals surface area contributed by atoms with Crippen LogP contribution in [0.15, 0.2) is 115 Å². The predicted molar refractivity (Wildman–Crippen MR) is 264 cm³/mol. The summed E-state index contributed by atoms with van der Waals surface area (Å²) in [5.74, 6) is -1.03. The van der Waals surface area contributed by atoms with E-state index in [9.17, 15) is 32.3 Å². The molecule has 0 saturated carbocycles. The van der Waals surface area contributed by atoms with Crippen LogP contribution in [0, 0.1) is 27.7 Å². The quantitative estimate of drug-likeness (QED) is 0.0389. The van der Waals surface area contributed by atoms with Crippen LogP contribution in [0.25, 0.3) is 60.2 Å². The van der Waals surface area contributed by atoms with Crippen molar-refractivity contribution in [2.45, 2.75) is 68.1 Å². The van der Waals surface area contributed by atoms with E-state index in [0.717, 1.165) is 21.2 Å². The molecule has 17 heteroatoms. The minimum absolute atomic E-state index is 0.0118. The molecule has 1 aliphatic rings. The lowest BCUT2D eigenvalue weighted by molar-refractivity contribution is -0.138. The molecule has 71 heavy (non-hydrogen) atoms. The van der Waals surface area contributed by atoms with Gasteiger partial charge in [0.2, 0.25) is 0 Å². The van der Waals surface area contributed by atoms with Gasteiger partial charge in [0.05, 0.1) is 47.9 Å². The number of carbonyl (C=O) groups excluding carboxylic acids is 2. The van der Waals surface area contributed by atoms with Gasteiger partial charge < -0.3 is 31.7 Å². The first-order valence-electron chi connectivity index (χ1n) is 22.8. The van der Waals surface area contributed by atoms with Crippen LogP contribution in [0.4, 0.5) is 21.8 Å². The molecule has 9 rings (SSSR count). The summed E-state index contributed by atoms with van der Waals surface area (Å²) in [6, 6.07) is 20.2. The number of nitrogens with zero attached hydrogens (tertiary/aromatic N) is 3. The molecule has 0 fully saturated rings. The standard InChI is InChI=1S/C54H45BF5N3O8/c1-9-68-52(66)43-28(5)48(61-30(43)7)47(49-29(6)44(53(67)69-10-2)31(8)63(49)55(59)60)42-26(3)23-35(24-27(42)4)70-22-21-62-50(64)37-17-16-36-39-25-33(32-11-14-34(15-12-32)54(56,57)58)13-19-40(39)71-41-20-18-38(51(62)65)45(37)46(36)41/h11-20,23-25H,9-10,21-22H2,1-8H3/q-1/b48-47-. The highest BCUT2D eigenvalue weighted by Gasteiger charge is 2.34. The van der Waals surface area contributed by atoms with Gasteiger partial charge >= 0.3 is 25.5 Å². The summed E-state index contributed by atoms with van der Waals surface area (Å²) in [4.78, 5) is 59.7. The van der Waals surface area contributed by atoms with Crippen LogP contribution in [-0.2, 0) is 27.0 Å². The van der Waals surface area contributed by atoms with Crippen molar-refractivity contribution >= 4 is 74.1 Å². The van der Waals surface area contributed by atoms with E-state index in [1.165, 1.54) is 19.1 Å². The van der Waals surface area contributed by atoms with Gasteiger partial charge in [-0.25, -0.2) is 9.59 Å². The molecule has 0 amide bonds. The second kappa shape index (κ2) is 18.2. The molecule has 0 N–H and O–H groups in total. The topological polar surface area (TPSA) is 131 Å². The summed E-state index contributed by atoms with van der Waals surface area (Å²) in [5, 5.41) is 2.85. The second-order valence-corrected chi connectivity index (χ2v) is 17.4. The zero-order chi connectivity index (χ0) is 51.0. The lowest BCUT2D eigenvalue weighted by Crippen LogP contribution is -2.35. The Bertz CT molecular complexity index is 3710. The highest BCUT2D eigenvalue weighted by molar-refractivity contribution is 6.42. The van der Waals surface area contributed by atoms with Crippen molar-refractivity contribution in [2.75, 3.05) is 19.8 Å². The maximum absolute atomic E-state index is 15.3. The Morgan fingerprint density at radius 2 is 1.30 bits per heavy atom. The molecule has 363 valence electrons. The van der Waals surface area contributed by atoms with Gasteiger partial charge in [0.25, 0.3) is 11.1 Å². The first kappa shape index (κ1) is 48.2. The van der Waals surface area contributed by atoms with Crippen LogP contribution in [-0.4, -0.2) is 53.9 Å². The fraction of sp³-hybridized carbons (Fsp3) is 0.241. The molecular weight excluding hydrogens is 924 g/mol. The third-order valence-corrected chi connectivity index (χ3v) is 13.1. The fourth-order valence-corrected chi connectivity index (χ4v) is 10.1. The van der Waals surface area contributed by atoms with Crippen LogP contribution in [0.1, 0.15) is 77.3 Å². The number of pyridine rings is 1. The highest BCUT2D eigenvalue weighted by Crippen LogP contribution is 2.44. The number of benzene rings is 5. The van der Waals surface area contributed by atoms with Gasteiger partial charge in [0.1, 0.15) is 23.5 Å². The fourth-order valence-electron chi connectivity index (χ4n) is 10.1. The Balaban J connectivity index is 1.08. The van der Waals surface area contributed by atoms with Crippen molar-refractivity contribution in [2.24, 2.45) is 4.99 Å². The summed E-state index contributed by atoms with van der Waals surface area (Å²) >= 11 is 0. The summed E-state index contributed by atoms with van der Waals surface area (Å²) < 4.78 is 95.5. The van der Waals surface area contributed by atoms with E-state index in [-0.39, 0.29) is 76.5 Å². The van der Waals surface area contributed by atoms with E-state index in [2.05, 4.69) is 0 Å². The third kappa shape index (κ3) is 8.06. The molecule has 1 radical (unpaired) electrons. The molecule has 0 atom stereocenters. The van der Waals surface area contributed by atoms with Gasteiger partial charge in [-0.3, -0.25) is 19.1 Å². The van der Waals surface area contributed by atoms with E-state index in [0.29, 0.717) is 77.6 Å². The van der Waals surface area contributed by atoms with Gasteiger partial charge in [-0.2, -0.15) is 13.2 Å². The second-order valence-electron chi connectivity index (χ2n) is 17.4. The van der Waals surface area contributed by atoms with E-state index in [1.807, 2.05) is 6.07 Å². The summed E-state index contributed by atoms with van der Waals surface area (Å²) in [5.41, 5.74) is 3.54. The lowest BCUT2D eigenvalue weighted by atomic mass is 9.87. The van der Waals surface area contributed by atoms with Crippen molar-refractivity contribution in [3.05, 3.63) is 161 Å². The molecule has 8 aromatic rings. The van der Waals surface area contributed by atoms with Crippen molar-refractivity contribution in [3.63, 3.8) is 0 Å². The number of halogens is 5. The number of carbonyl (C=O) groups is 2. The third-order valence-electron chi connectivity index (χ3n) is 13.1. The minimum atomic E-state index is -4.48. The number of esters is 2. The monoisotopic (exact) mass is 969 g/mol. The van der Waals surface area contributed by atoms with Crippen LogP contribution in [0.2, 0.25) is 0 Å². The lowest BCUT2D eigenvalue weighted by Gasteiger charge is -2.26. The number of alkyl halides is 3. The highest BCUT2D eigenvalue weighted by atomic mass is 19.4. The molecular formula is C54H45BF5N3O8-. The van der Waals surface area contributed by atoms with Crippen molar-refractivity contribution < 1.29 is 50.0 Å². The summed E-state index contributed by atoms with van der Waals surface area (Å²) in [6.45, 7) is 13.0. The van der Waals surface area contributed by atoms with Crippen LogP contribution >= 0.6 is 0 Å². The molecule has 0 bridgehead atoms. The van der Waals surface area contributed by atoms with Crippen LogP contribution < -0.4 is 15.9 Å². The van der Waals surface area contributed by atoms with Gasteiger partial charge in [0.15, 0.2) is 0 Å². The van der Waals surface area contributed by atoms with Crippen molar-refractivity contribution in [1.29, 1.82) is 0 Å². The SMILES string of the molecule is CCOC(=O)C1=C(C)/C(=C(\c2c(C)cc(OCCn3c(=O)c4ccc5oc6ccc(-c7ccc(C(F)(F)F)cc7)cc6c6ccc(c3=O)c4c56)cc2C)c2c(C)c(C(=O)OCC)c(C)n2[B-](F)F)N=C1C.